The lowest BCUT2D eigenvalue weighted by atomic mass is 9.90. The van der Waals surface area contributed by atoms with E-state index < -0.39 is 66.6 Å². The summed E-state index contributed by atoms with van der Waals surface area (Å²) >= 11 is 0. The van der Waals surface area contributed by atoms with Gasteiger partial charge >= 0.3 is 12.6 Å². The molecule has 1 unspecified atom stereocenters. The van der Waals surface area contributed by atoms with Crippen molar-refractivity contribution in [2.45, 2.75) is 78.3 Å². The van der Waals surface area contributed by atoms with Crippen molar-refractivity contribution in [3.63, 3.8) is 0 Å². The molecule has 13 heteroatoms. The van der Waals surface area contributed by atoms with Crippen LogP contribution in [0.3, 0.4) is 0 Å². The Morgan fingerprint density at radius 3 is 2.48 bits per heavy atom. The van der Waals surface area contributed by atoms with E-state index in [2.05, 4.69) is 20.8 Å². The van der Waals surface area contributed by atoms with Crippen LogP contribution in [0.4, 0.5) is 8.78 Å². The maximum absolute atomic E-state index is 13.5. The van der Waals surface area contributed by atoms with Crippen molar-refractivity contribution in [2.75, 3.05) is 13.2 Å². The van der Waals surface area contributed by atoms with E-state index in [1.807, 2.05) is 18.2 Å². The molecule has 1 saturated heterocycles. The highest BCUT2D eigenvalue weighted by Gasteiger charge is 2.39. The van der Waals surface area contributed by atoms with Gasteiger partial charge in [0.2, 0.25) is 5.91 Å². The van der Waals surface area contributed by atoms with E-state index in [-0.39, 0.29) is 5.91 Å². The number of hydrogen-bond acceptors (Lipinski definition) is 8. The van der Waals surface area contributed by atoms with E-state index in [9.17, 15) is 28.0 Å². The summed E-state index contributed by atoms with van der Waals surface area (Å²) in [6.45, 7) is 4.46. The third-order valence-electron chi connectivity index (χ3n) is 7.76. The highest BCUT2D eigenvalue weighted by molar-refractivity contribution is 5.91. The number of fused-ring (bicyclic) bond motifs is 4. The van der Waals surface area contributed by atoms with Gasteiger partial charge in [0.05, 0.1) is 23.9 Å². The zero-order chi connectivity index (χ0) is 32.2. The first-order valence-electron chi connectivity index (χ1n) is 14.7. The van der Waals surface area contributed by atoms with Gasteiger partial charge in [0, 0.05) is 11.9 Å². The summed E-state index contributed by atoms with van der Waals surface area (Å²) in [6.07, 6.45) is 2.70. The highest BCUT2D eigenvalue weighted by atomic mass is 19.3. The summed E-state index contributed by atoms with van der Waals surface area (Å²) in [7, 11) is 0. The molecule has 5 bridgehead atoms. The molecule has 238 valence electrons. The first-order valence-corrected chi connectivity index (χ1v) is 14.7. The molecule has 1 aromatic heterocycles. The van der Waals surface area contributed by atoms with Crippen LogP contribution in [0.15, 0.2) is 36.4 Å². The maximum atomic E-state index is 13.5. The Morgan fingerprint density at radius 2 is 1.77 bits per heavy atom. The number of hydrazine groups is 1. The number of pyridine rings is 1. The number of ether oxygens (including phenoxy) is 2. The fourth-order valence-electron chi connectivity index (χ4n) is 5.04. The Balaban J connectivity index is 1.75. The summed E-state index contributed by atoms with van der Waals surface area (Å²) in [5, 5.41) is 7.69. The largest absolute Gasteiger partial charge is 0.451 e. The predicted octanol–water partition coefficient (Wildman–Crippen LogP) is 3.25. The lowest BCUT2D eigenvalue weighted by Gasteiger charge is -2.35. The quantitative estimate of drug-likeness (QED) is 0.446. The van der Waals surface area contributed by atoms with Gasteiger partial charge in [0.15, 0.2) is 6.10 Å². The van der Waals surface area contributed by atoms with Crippen molar-refractivity contribution in [2.24, 2.45) is 11.3 Å². The van der Waals surface area contributed by atoms with Crippen molar-refractivity contribution < 1.29 is 37.4 Å². The summed E-state index contributed by atoms with van der Waals surface area (Å²) in [6, 6.07) is 6.90. The van der Waals surface area contributed by atoms with E-state index >= 15 is 0 Å². The zero-order valence-corrected chi connectivity index (χ0v) is 25.4. The molecule has 1 aromatic carbocycles. The number of nitrogens with one attached hydrogen (secondary N) is 3. The van der Waals surface area contributed by atoms with E-state index in [1.165, 1.54) is 24.9 Å². The first kappa shape index (κ1) is 32.9. The summed E-state index contributed by atoms with van der Waals surface area (Å²) in [5.74, 6) is -2.97. The Hall–Kier alpha value is -3.97. The maximum Gasteiger partial charge on any atom is 0.345 e. The van der Waals surface area contributed by atoms with E-state index in [4.69, 9.17) is 9.72 Å². The zero-order valence-electron chi connectivity index (χ0n) is 25.4. The van der Waals surface area contributed by atoms with Crippen LogP contribution in [0.5, 0.6) is 0 Å². The van der Waals surface area contributed by atoms with Crippen molar-refractivity contribution in [1.29, 1.82) is 0 Å². The molecule has 4 rings (SSSR count). The number of hydrogen-bond donors (Lipinski definition) is 3. The van der Waals surface area contributed by atoms with E-state index in [1.54, 1.807) is 39.0 Å². The lowest BCUT2D eigenvalue weighted by Crippen LogP contribution is -2.61. The van der Waals surface area contributed by atoms with Crippen molar-refractivity contribution in [3.05, 3.63) is 47.7 Å². The number of nitrogens with zero attached hydrogens (tertiary/aromatic N) is 2. The molecular weight excluding hydrogens is 576 g/mol. The second kappa shape index (κ2) is 13.8. The van der Waals surface area contributed by atoms with E-state index in [0.29, 0.717) is 36.2 Å². The number of rotatable bonds is 4. The van der Waals surface area contributed by atoms with Gasteiger partial charge < -0.3 is 20.1 Å². The van der Waals surface area contributed by atoms with Gasteiger partial charge in [-0.3, -0.25) is 29.2 Å². The van der Waals surface area contributed by atoms with Gasteiger partial charge in [-0.1, -0.05) is 44.2 Å². The third kappa shape index (κ3) is 7.75. The Kier molecular flexibility index (Phi) is 10.3. The van der Waals surface area contributed by atoms with Gasteiger partial charge in [-0.05, 0) is 57.2 Å². The van der Waals surface area contributed by atoms with Crippen LogP contribution in [-0.4, -0.2) is 71.6 Å². The average Bonchev–Trinajstić information content (AvgIpc) is 2.99. The molecule has 2 aromatic rings. The molecule has 44 heavy (non-hydrogen) atoms. The fourth-order valence-corrected chi connectivity index (χ4v) is 5.04. The summed E-state index contributed by atoms with van der Waals surface area (Å²) in [5.41, 5.74) is 3.12. The molecule has 1 fully saturated rings. The third-order valence-corrected chi connectivity index (χ3v) is 7.76. The van der Waals surface area contributed by atoms with Crippen molar-refractivity contribution >= 4 is 40.7 Å². The van der Waals surface area contributed by atoms with Gasteiger partial charge in [-0.25, -0.2) is 5.43 Å². The van der Waals surface area contributed by atoms with Crippen LogP contribution in [-0.2, 0) is 28.7 Å². The first-order chi connectivity index (χ1) is 20.8. The minimum absolute atomic E-state index is 0.298. The molecule has 3 amide bonds. The monoisotopic (exact) mass is 615 g/mol. The SMILES string of the molecule is CC(C)C1OC(=O)[C@@](C)(COC(F)F)/C=C/c2ccc3ccc(nc3c2)[C@@H](C)NC(=O)[C@@H]2CCCN(N2)C(=O)[C@H](C)NC1=O. The molecule has 2 aliphatic heterocycles. The minimum atomic E-state index is -3.14. The molecule has 0 aliphatic carbocycles. The summed E-state index contributed by atoms with van der Waals surface area (Å²) in [4.78, 5) is 57.9. The second-order valence-corrected chi connectivity index (χ2v) is 11.9. The standard InChI is InChI=1S/C31H39F2N5O6/c1-17(2)25-27(40)35-19(4)28(41)38-14-6-7-23(37-38)26(39)34-18(3)22-11-10-21-9-8-20(15-24(21)36-22)12-13-31(5,29(42)44-25)16-43-30(32)33/h8-13,15,17-19,23,25,30,37H,6-7,14,16H2,1-5H3,(H,34,39)(H,35,40)/b13-12+/t18-,19+,23+,25?,31-/m1/s1. The van der Waals surface area contributed by atoms with Crippen LogP contribution in [0.2, 0.25) is 0 Å². The molecular formula is C31H39F2N5O6. The van der Waals surface area contributed by atoms with Gasteiger partial charge in [-0.15, -0.1) is 0 Å². The number of benzene rings is 1. The smallest absolute Gasteiger partial charge is 0.345 e. The number of esters is 1. The molecule has 0 saturated carbocycles. The number of halogens is 2. The van der Waals surface area contributed by atoms with Crippen LogP contribution in [0.25, 0.3) is 17.0 Å². The number of amides is 3. The lowest BCUT2D eigenvalue weighted by molar-refractivity contribution is -0.179. The van der Waals surface area contributed by atoms with E-state index in [0.717, 1.165) is 5.39 Å². The Morgan fingerprint density at radius 1 is 1.07 bits per heavy atom. The van der Waals surface area contributed by atoms with Gasteiger partial charge in [-0.2, -0.15) is 8.78 Å². The average molecular weight is 616 g/mol. The number of alkyl halides is 2. The fraction of sp³-hybridized carbons (Fsp3) is 0.516. The topological polar surface area (TPSA) is 139 Å². The molecule has 3 heterocycles. The van der Waals surface area contributed by atoms with Crippen molar-refractivity contribution in [3.8, 4) is 0 Å². The molecule has 0 radical (unpaired) electrons. The van der Waals surface area contributed by atoms with Crippen molar-refractivity contribution in [1.82, 2.24) is 26.1 Å². The number of carbonyl (C=O) groups excluding carboxylic acids is 4. The molecule has 2 aliphatic rings. The number of carbonyl (C=O) groups is 4. The second-order valence-electron chi connectivity index (χ2n) is 11.9. The Bertz CT molecular complexity index is 1440. The normalized spacial score (nSPS) is 28.2. The molecule has 11 nitrogen and oxygen atoms in total. The Labute approximate surface area is 254 Å². The highest BCUT2D eigenvalue weighted by Crippen LogP contribution is 2.27. The molecule has 5 atom stereocenters. The van der Waals surface area contributed by atoms with Crippen LogP contribution >= 0.6 is 0 Å². The van der Waals surface area contributed by atoms with Gasteiger partial charge in [0.25, 0.3) is 11.8 Å². The number of cyclic esters (lactones) is 1. The molecule has 0 spiro atoms. The summed E-state index contributed by atoms with van der Waals surface area (Å²) < 4.78 is 36.3. The number of aromatic nitrogens is 1. The van der Waals surface area contributed by atoms with Gasteiger partial charge in [0.1, 0.15) is 17.5 Å². The van der Waals surface area contributed by atoms with Crippen LogP contribution in [0.1, 0.15) is 64.8 Å². The molecule has 3 N–H and O–H groups in total. The predicted molar refractivity (Wildman–Crippen MR) is 158 cm³/mol. The van der Waals surface area contributed by atoms with Crippen LogP contribution < -0.4 is 16.1 Å². The minimum Gasteiger partial charge on any atom is -0.451 e. The van der Waals surface area contributed by atoms with Crippen LogP contribution in [0, 0.1) is 11.3 Å².